The third-order valence-electron chi connectivity index (χ3n) is 6.21. The zero-order valence-electron chi connectivity index (χ0n) is 18.0. The zero-order valence-corrected chi connectivity index (χ0v) is 18.8. The maximum atomic E-state index is 12.1. The average Bonchev–Trinajstić information content (AvgIpc) is 3.16. The molecule has 32 heavy (non-hydrogen) atoms. The van der Waals surface area contributed by atoms with Crippen molar-refractivity contribution in [2.45, 2.75) is 63.8 Å². The summed E-state index contributed by atoms with van der Waals surface area (Å²) in [7, 11) is 0. The van der Waals surface area contributed by atoms with Crippen LogP contribution in [0.5, 0.6) is 0 Å². The van der Waals surface area contributed by atoms with Gasteiger partial charge in [-0.3, -0.25) is 8.51 Å². The lowest BCUT2D eigenvalue weighted by Crippen LogP contribution is -2.42. The first-order chi connectivity index (χ1) is 15.5. The molecule has 0 spiro atoms. The van der Waals surface area contributed by atoms with Crippen molar-refractivity contribution in [3.8, 4) is 0 Å². The van der Waals surface area contributed by atoms with Crippen LogP contribution in [0.3, 0.4) is 0 Å². The molecule has 4 rings (SSSR count). The number of aryl methyl sites for hydroxylation is 3. The summed E-state index contributed by atoms with van der Waals surface area (Å²) in [6, 6.07) is 14.2. The number of benzene rings is 2. The van der Waals surface area contributed by atoms with Gasteiger partial charge in [0, 0.05) is 34.7 Å². The van der Waals surface area contributed by atoms with Crippen molar-refractivity contribution in [2.75, 3.05) is 4.31 Å². The van der Waals surface area contributed by atoms with Gasteiger partial charge in [0.05, 0.1) is 5.69 Å². The van der Waals surface area contributed by atoms with Crippen LogP contribution in [0.4, 0.5) is 5.69 Å². The number of unbranched alkanes of at least 4 members (excludes halogenated alkanes) is 2. The lowest BCUT2D eigenvalue weighted by Gasteiger charge is -2.32. The second kappa shape index (κ2) is 10.3. The molecular weight excluding hydrogens is 426 g/mol. The number of fused-ring (bicyclic) bond motifs is 3. The highest BCUT2D eigenvalue weighted by Crippen LogP contribution is 2.35. The van der Waals surface area contributed by atoms with Crippen molar-refractivity contribution in [1.29, 1.82) is 0 Å². The minimum atomic E-state index is -2.71. The monoisotopic (exact) mass is 454 g/mol. The van der Waals surface area contributed by atoms with Gasteiger partial charge in [-0.15, -0.1) is 0 Å². The molecule has 0 radical (unpaired) electrons. The molecule has 1 aliphatic carbocycles. The fraction of sp³-hybridized carbons (Fsp3) is 0.400. The Morgan fingerprint density at radius 3 is 2.62 bits per heavy atom. The van der Waals surface area contributed by atoms with E-state index in [2.05, 4.69) is 12.1 Å². The first-order valence-corrected chi connectivity index (χ1v) is 12.3. The van der Waals surface area contributed by atoms with Crippen LogP contribution >= 0.6 is 0 Å². The molecule has 0 fully saturated rings. The number of carboxylic acid groups (broad SMARTS) is 1. The van der Waals surface area contributed by atoms with E-state index in [0.717, 1.165) is 60.4 Å². The van der Waals surface area contributed by atoms with Crippen molar-refractivity contribution in [2.24, 2.45) is 0 Å². The SMILES string of the molecule is O=C(O)C(CCCCCc1ccccc1)N(c1ccc2c3c(oc2c1)CCCC3)S(=O)[O-]. The molecule has 1 aliphatic rings. The van der Waals surface area contributed by atoms with Gasteiger partial charge >= 0.3 is 5.97 Å². The molecule has 1 aromatic heterocycles. The number of hydrogen-bond acceptors (Lipinski definition) is 4. The van der Waals surface area contributed by atoms with Crippen LogP contribution < -0.4 is 4.31 Å². The molecule has 1 N–H and O–H groups in total. The van der Waals surface area contributed by atoms with Crippen LogP contribution in [0.15, 0.2) is 52.9 Å². The highest BCUT2D eigenvalue weighted by Gasteiger charge is 2.28. The quantitative estimate of drug-likeness (QED) is 0.337. The van der Waals surface area contributed by atoms with Gasteiger partial charge in [-0.2, -0.15) is 0 Å². The molecule has 6 nitrogen and oxygen atoms in total. The number of anilines is 1. The van der Waals surface area contributed by atoms with Gasteiger partial charge in [0.2, 0.25) is 0 Å². The zero-order chi connectivity index (χ0) is 22.5. The summed E-state index contributed by atoms with van der Waals surface area (Å²) in [5.41, 5.74) is 3.39. The predicted octanol–water partition coefficient (Wildman–Crippen LogP) is 5.17. The van der Waals surface area contributed by atoms with Gasteiger partial charge in [0.15, 0.2) is 0 Å². The second-order valence-electron chi connectivity index (χ2n) is 8.37. The number of hydrogen-bond donors (Lipinski definition) is 1. The summed E-state index contributed by atoms with van der Waals surface area (Å²) in [4.78, 5) is 12.0. The Labute approximate surface area is 190 Å². The fourth-order valence-corrected chi connectivity index (χ4v) is 5.28. The molecule has 0 aliphatic heterocycles. The molecule has 2 atom stereocenters. The van der Waals surface area contributed by atoms with Gasteiger partial charge in [-0.25, -0.2) is 4.79 Å². The van der Waals surface area contributed by atoms with Gasteiger partial charge < -0.3 is 14.1 Å². The normalized spacial score (nSPS) is 15.3. The topological polar surface area (TPSA) is 93.8 Å². The molecule has 2 aromatic carbocycles. The summed E-state index contributed by atoms with van der Waals surface area (Å²) < 4.78 is 31.1. The highest BCUT2D eigenvalue weighted by atomic mass is 32.2. The maximum Gasteiger partial charge on any atom is 0.327 e. The molecule has 0 amide bonds. The van der Waals surface area contributed by atoms with Crippen molar-refractivity contribution >= 4 is 33.9 Å². The van der Waals surface area contributed by atoms with Gasteiger partial charge in [0.25, 0.3) is 0 Å². The minimum Gasteiger partial charge on any atom is -0.755 e. The molecule has 7 heteroatoms. The Bertz CT molecular complexity index is 1090. The molecule has 0 bridgehead atoms. The van der Waals surface area contributed by atoms with E-state index in [1.54, 1.807) is 12.1 Å². The van der Waals surface area contributed by atoms with E-state index in [9.17, 15) is 18.7 Å². The van der Waals surface area contributed by atoms with E-state index in [-0.39, 0.29) is 6.42 Å². The van der Waals surface area contributed by atoms with E-state index in [1.807, 2.05) is 24.3 Å². The number of furan rings is 1. The second-order valence-corrected chi connectivity index (χ2v) is 9.20. The van der Waals surface area contributed by atoms with Crippen molar-refractivity contribution in [3.63, 3.8) is 0 Å². The van der Waals surface area contributed by atoms with Crippen molar-refractivity contribution in [3.05, 3.63) is 65.4 Å². The minimum absolute atomic E-state index is 0.255. The van der Waals surface area contributed by atoms with E-state index in [0.29, 0.717) is 17.7 Å². The Morgan fingerprint density at radius 1 is 1.09 bits per heavy atom. The summed E-state index contributed by atoms with van der Waals surface area (Å²) in [5.74, 6) is -0.178. The lowest BCUT2D eigenvalue weighted by atomic mass is 9.96. The largest absolute Gasteiger partial charge is 0.755 e. The molecule has 170 valence electrons. The van der Waals surface area contributed by atoms with E-state index in [1.165, 1.54) is 11.1 Å². The average molecular weight is 455 g/mol. The van der Waals surface area contributed by atoms with Gasteiger partial charge in [0.1, 0.15) is 17.4 Å². The number of carbonyl (C=O) groups is 1. The summed E-state index contributed by atoms with van der Waals surface area (Å²) >= 11 is -2.71. The summed E-state index contributed by atoms with van der Waals surface area (Å²) in [6.45, 7) is 0. The van der Waals surface area contributed by atoms with E-state index >= 15 is 0 Å². The lowest BCUT2D eigenvalue weighted by molar-refractivity contribution is -0.138. The van der Waals surface area contributed by atoms with E-state index in [4.69, 9.17) is 4.42 Å². The van der Waals surface area contributed by atoms with Crippen LogP contribution in [0.1, 0.15) is 55.4 Å². The molecular formula is C25H28NO5S-. The first-order valence-electron chi connectivity index (χ1n) is 11.2. The third kappa shape index (κ3) is 5.05. The molecule has 2 unspecified atom stereocenters. The third-order valence-corrected chi connectivity index (χ3v) is 7.00. The number of rotatable bonds is 10. The Balaban J connectivity index is 1.46. The Hall–Kier alpha value is -2.64. The van der Waals surface area contributed by atoms with Crippen LogP contribution in [0.25, 0.3) is 11.0 Å². The van der Waals surface area contributed by atoms with Crippen molar-refractivity contribution < 1.29 is 23.1 Å². The Morgan fingerprint density at radius 2 is 1.88 bits per heavy atom. The van der Waals surface area contributed by atoms with Crippen LogP contribution in [0, 0.1) is 0 Å². The van der Waals surface area contributed by atoms with Gasteiger partial charge in [-0.05, 0) is 56.2 Å². The highest BCUT2D eigenvalue weighted by molar-refractivity contribution is 7.80. The number of nitrogens with zero attached hydrogens (tertiary/aromatic N) is 1. The van der Waals surface area contributed by atoms with Gasteiger partial charge in [-0.1, -0.05) is 43.2 Å². The van der Waals surface area contributed by atoms with Crippen LogP contribution in [-0.2, 0) is 35.3 Å². The number of carboxylic acids is 1. The van der Waals surface area contributed by atoms with Crippen LogP contribution in [-0.4, -0.2) is 25.9 Å². The number of aliphatic carboxylic acids is 1. The Kier molecular flexibility index (Phi) is 7.27. The maximum absolute atomic E-state index is 12.1. The molecule has 1 heterocycles. The summed E-state index contributed by atoms with van der Waals surface area (Å²) in [5, 5.41) is 10.8. The van der Waals surface area contributed by atoms with Crippen LogP contribution in [0.2, 0.25) is 0 Å². The smallest absolute Gasteiger partial charge is 0.327 e. The van der Waals surface area contributed by atoms with E-state index < -0.39 is 23.3 Å². The molecule has 3 aromatic rings. The van der Waals surface area contributed by atoms with Crippen molar-refractivity contribution in [1.82, 2.24) is 0 Å². The predicted molar refractivity (Wildman–Crippen MR) is 124 cm³/mol. The first kappa shape index (κ1) is 22.6. The standard InChI is InChI=1S/C25H29NO5S/c27-25(28)22(13-6-2-5-11-18-9-3-1-4-10-18)26(32(29)30)19-15-16-21-20-12-7-8-14-23(20)31-24(21)17-19/h1,3-4,9-10,15-17,22H,2,5-8,11-14H2,(H,27,28)(H,29,30)/p-1. The molecule has 0 saturated carbocycles. The molecule has 0 saturated heterocycles. The fourth-order valence-electron chi connectivity index (χ4n) is 4.59. The summed E-state index contributed by atoms with van der Waals surface area (Å²) in [6.07, 6.45) is 7.63.